The van der Waals surface area contributed by atoms with Gasteiger partial charge < -0.3 is 10.6 Å². The largest absolute Gasteiger partial charge is 0.352 e. The molecule has 0 atom stereocenters. The van der Waals surface area contributed by atoms with Crippen LogP contribution in [0.25, 0.3) is 10.7 Å². The van der Waals surface area contributed by atoms with E-state index in [9.17, 15) is 9.59 Å². The van der Waals surface area contributed by atoms with Crippen LogP contribution in [0.15, 0.2) is 54.0 Å². The first-order valence-corrected chi connectivity index (χ1v) is 9.94. The van der Waals surface area contributed by atoms with E-state index in [1.54, 1.807) is 30.5 Å². The highest BCUT2D eigenvalue weighted by molar-refractivity contribution is 7.13. The molecule has 0 saturated carbocycles. The van der Waals surface area contributed by atoms with Crippen molar-refractivity contribution in [2.24, 2.45) is 5.92 Å². The monoisotopic (exact) mass is 394 g/mol. The third-order valence-corrected chi connectivity index (χ3v) is 4.81. The van der Waals surface area contributed by atoms with Gasteiger partial charge in [-0.3, -0.25) is 14.6 Å². The third-order valence-electron chi connectivity index (χ3n) is 3.89. The number of nitrogens with zero attached hydrogens (tertiary/aromatic N) is 2. The van der Waals surface area contributed by atoms with Gasteiger partial charge in [0.2, 0.25) is 5.91 Å². The quantitative estimate of drug-likeness (QED) is 0.639. The minimum absolute atomic E-state index is 0.130. The molecule has 2 heterocycles. The van der Waals surface area contributed by atoms with Crippen LogP contribution in [0, 0.1) is 5.92 Å². The van der Waals surface area contributed by atoms with Crippen LogP contribution in [0.4, 0.5) is 5.69 Å². The Balaban J connectivity index is 1.66. The Labute approximate surface area is 168 Å². The summed E-state index contributed by atoms with van der Waals surface area (Å²) in [6.45, 7) is 4.64. The van der Waals surface area contributed by atoms with Crippen molar-refractivity contribution in [3.05, 3.63) is 65.3 Å². The standard InChI is InChI=1S/C21H22N4O2S/c1-14(2)12-23-20(27)16-7-3-4-8-17(16)25-19(26)11-15-13-28-21(24-15)18-9-5-6-10-22-18/h3-10,13-14H,11-12H2,1-2H3,(H,23,27)(H,25,26). The Kier molecular flexibility index (Phi) is 6.49. The molecule has 0 aliphatic heterocycles. The summed E-state index contributed by atoms with van der Waals surface area (Å²) in [5.41, 5.74) is 2.40. The van der Waals surface area contributed by atoms with Crippen molar-refractivity contribution < 1.29 is 9.59 Å². The normalized spacial score (nSPS) is 10.7. The molecular weight excluding hydrogens is 372 g/mol. The summed E-state index contributed by atoms with van der Waals surface area (Å²) < 4.78 is 0. The van der Waals surface area contributed by atoms with Gasteiger partial charge in [0, 0.05) is 18.1 Å². The van der Waals surface area contributed by atoms with Crippen LogP contribution >= 0.6 is 11.3 Å². The van der Waals surface area contributed by atoms with E-state index in [1.807, 2.05) is 37.4 Å². The van der Waals surface area contributed by atoms with Crippen molar-refractivity contribution in [1.82, 2.24) is 15.3 Å². The molecule has 2 N–H and O–H groups in total. The van der Waals surface area contributed by atoms with Crippen LogP contribution in [0.1, 0.15) is 29.9 Å². The number of amides is 2. The highest BCUT2D eigenvalue weighted by Crippen LogP contribution is 2.22. The number of hydrogen-bond donors (Lipinski definition) is 2. The molecule has 3 rings (SSSR count). The van der Waals surface area contributed by atoms with Crippen LogP contribution in [-0.2, 0) is 11.2 Å². The summed E-state index contributed by atoms with van der Waals surface area (Å²) in [5.74, 6) is -0.0682. The number of hydrogen-bond acceptors (Lipinski definition) is 5. The number of pyridine rings is 1. The van der Waals surface area contributed by atoms with Crippen molar-refractivity contribution in [1.29, 1.82) is 0 Å². The van der Waals surface area contributed by atoms with Gasteiger partial charge in [-0.1, -0.05) is 32.0 Å². The number of para-hydroxylation sites is 1. The molecule has 28 heavy (non-hydrogen) atoms. The number of nitrogens with one attached hydrogen (secondary N) is 2. The molecular formula is C21H22N4O2S. The number of anilines is 1. The van der Waals surface area contributed by atoms with Gasteiger partial charge in [-0.2, -0.15) is 0 Å². The highest BCUT2D eigenvalue weighted by atomic mass is 32.1. The summed E-state index contributed by atoms with van der Waals surface area (Å²) in [4.78, 5) is 33.6. The molecule has 144 valence electrons. The van der Waals surface area contributed by atoms with E-state index in [4.69, 9.17) is 0 Å². The maximum atomic E-state index is 12.5. The van der Waals surface area contributed by atoms with Gasteiger partial charge in [0.25, 0.3) is 5.91 Å². The predicted octanol–water partition coefficient (Wildman–Crippen LogP) is 3.77. The van der Waals surface area contributed by atoms with Crippen molar-refractivity contribution in [2.75, 3.05) is 11.9 Å². The van der Waals surface area contributed by atoms with Crippen LogP contribution in [0.5, 0.6) is 0 Å². The fourth-order valence-corrected chi connectivity index (χ4v) is 3.33. The summed E-state index contributed by atoms with van der Waals surface area (Å²) in [6.07, 6.45) is 1.84. The first kappa shape index (κ1) is 19.7. The van der Waals surface area contributed by atoms with Gasteiger partial charge in [0.15, 0.2) is 0 Å². The topological polar surface area (TPSA) is 84.0 Å². The van der Waals surface area contributed by atoms with E-state index in [0.717, 1.165) is 10.7 Å². The van der Waals surface area contributed by atoms with Crippen LogP contribution < -0.4 is 10.6 Å². The smallest absolute Gasteiger partial charge is 0.253 e. The second-order valence-electron chi connectivity index (χ2n) is 6.73. The summed E-state index contributed by atoms with van der Waals surface area (Å²) in [6, 6.07) is 12.6. The molecule has 1 aromatic carbocycles. The maximum absolute atomic E-state index is 12.5. The zero-order chi connectivity index (χ0) is 19.9. The molecule has 0 saturated heterocycles. The van der Waals surface area contributed by atoms with E-state index in [2.05, 4.69) is 20.6 Å². The van der Waals surface area contributed by atoms with E-state index in [-0.39, 0.29) is 18.2 Å². The van der Waals surface area contributed by atoms with Crippen LogP contribution in [-0.4, -0.2) is 28.3 Å². The zero-order valence-electron chi connectivity index (χ0n) is 15.8. The molecule has 0 aliphatic carbocycles. The molecule has 2 aromatic heterocycles. The molecule has 7 heteroatoms. The van der Waals surface area contributed by atoms with Gasteiger partial charge in [-0.25, -0.2) is 4.98 Å². The Bertz CT molecular complexity index is 954. The van der Waals surface area contributed by atoms with Crippen molar-refractivity contribution in [3.63, 3.8) is 0 Å². The lowest BCUT2D eigenvalue weighted by molar-refractivity contribution is -0.115. The molecule has 3 aromatic rings. The van der Waals surface area contributed by atoms with Crippen molar-refractivity contribution in [3.8, 4) is 10.7 Å². The Hall–Kier alpha value is -3.06. The lowest BCUT2D eigenvalue weighted by Crippen LogP contribution is -2.28. The average Bonchev–Trinajstić information content (AvgIpc) is 3.15. The van der Waals surface area contributed by atoms with E-state index >= 15 is 0 Å². The molecule has 2 amide bonds. The van der Waals surface area contributed by atoms with Gasteiger partial charge in [-0.05, 0) is 30.2 Å². The number of aromatic nitrogens is 2. The summed E-state index contributed by atoms with van der Waals surface area (Å²) in [7, 11) is 0. The average molecular weight is 395 g/mol. The number of carbonyl (C=O) groups excluding carboxylic acids is 2. The highest BCUT2D eigenvalue weighted by Gasteiger charge is 2.15. The molecule has 0 radical (unpaired) electrons. The third kappa shape index (κ3) is 5.23. The molecule has 0 bridgehead atoms. The maximum Gasteiger partial charge on any atom is 0.253 e. The SMILES string of the molecule is CC(C)CNC(=O)c1ccccc1NC(=O)Cc1csc(-c2ccccn2)n1. The van der Waals surface area contributed by atoms with Gasteiger partial charge in [0.05, 0.1) is 29.1 Å². The zero-order valence-corrected chi connectivity index (χ0v) is 16.6. The number of benzene rings is 1. The molecule has 0 fully saturated rings. The van der Waals surface area contributed by atoms with E-state index < -0.39 is 0 Å². The number of thiazole rings is 1. The fourth-order valence-electron chi connectivity index (χ4n) is 2.54. The Morgan fingerprint density at radius 1 is 1.11 bits per heavy atom. The van der Waals surface area contributed by atoms with Gasteiger partial charge in [0.1, 0.15) is 5.01 Å². The molecule has 0 aliphatic rings. The Morgan fingerprint density at radius 3 is 2.64 bits per heavy atom. The van der Waals surface area contributed by atoms with Crippen molar-refractivity contribution >= 4 is 28.8 Å². The lowest BCUT2D eigenvalue weighted by atomic mass is 10.1. The first-order chi connectivity index (χ1) is 13.5. The van der Waals surface area contributed by atoms with E-state index in [1.165, 1.54) is 11.3 Å². The molecule has 0 spiro atoms. The second-order valence-corrected chi connectivity index (χ2v) is 7.59. The molecule has 6 nitrogen and oxygen atoms in total. The number of rotatable bonds is 7. The van der Waals surface area contributed by atoms with Crippen molar-refractivity contribution in [2.45, 2.75) is 20.3 Å². The summed E-state index contributed by atoms with van der Waals surface area (Å²) >= 11 is 1.45. The Morgan fingerprint density at radius 2 is 1.89 bits per heavy atom. The molecule has 0 unspecified atom stereocenters. The summed E-state index contributed by atoms with van der Waals surface area (Å²) in [5, 5.41) is 8.33. The predicted molar refractivity (Wildman–Crippen MR) is 111 cm³/mol. The van der Waals surface area contributed by atoms with Crippen LogP contribution in [0.2, 0.25) is 0 Å². The second kappa shape index (κ2) is 9.23. The minimum atomic E-state index is -0.220. The lowest BCUT2D eigenvalue weighted by Gasteiger charge is -2.12. The van der Waals surface area contributed by atoms with Crippen LogP contribution in [0.3, 0.4) is 0 Å². The van der Waals surface area contributed by atoms with Gasteiger partial charge in [-0.15, -0.1) is 11.3 Å². The first-order valence-electron chi connectivity index (χ1n) is 9.06. The number of carbonyl (C=O) groups is 2. The minimum Gasteiger partial charge on any atom is -0.352 e. The fraction of sp³-hybridized carbons (Fsp3) is 0.238. The van der Waals surface area contributed by atoms with E-state index in [0.29, 0.717) is 29.4 Å². The van der Waals surface area contributed by atoms with Gasteiger partial charge >= 0.3 is 0 Å².